The van der Waals surface area contributed by atoms with Crippen molar-refractivity contribution < 1.29 is 33.8 Å². The Kier molecular flexibility index (Phi) is 12.1. The summed E-state index contributed by atoms with van der Waals surface area (Å²) in [6, 6.07) is 7.11. The van der Waals surface area contributed by atoms with Crippen molar-refractivity contribution in [1.29, 1.82) is 0 Å². The maximum absolute atomic E-state index is 12.9. The van der Waals surface area contributed by atoms with E-state index in [0.717, 1.165) is 5.56 Å². The SMILES string of the molecule is O=C(O)CCC(NC(=O)NCCCCCNC(=O)c1ccc(N=NCc2ccc([18F])cc2)nc1)C(=O)O. The number of hydrogen-bond donors (Lipinski definition) is 5. The van der Waals surface area contributed by atoms with Crippen molar-refractivity contribution in [3.63, 3.8) is 0 Å². The standard InChI is InChI=1S/C24H29FN6O6/c25-18-7-4-16(5-8-18)14-29-31-20-10-6-17(15-28-20)22(34)26-12-2-1-3-13-27-24(37)30-19(23(35)36)9-11-21(32)33/h4-8,10,15,19H,1-3,9,11-14H2,(H,26,34)(H,32,33)(H,35,36)(H2,27,30,37)/i25-1. The van der Waals surface area contributed by atoms with Crippen LogP contribution in [-0.2, 0) is 16.1 Å². The Bertz CT molecular complexity index is 1080. The summed E-state index contributed by atoms with van der Waals surface area (Å²) in [5.74, 6) is -2.72. The van der Waals surface area contributed by atoms with Crippen LogP contribution in [0.15, 0.2) is 52.8 Å². The van der Waals surface area contributed by atoms with Crippen LogP contribution in [0.5, 0.6) is 0 Å². The van der Waals surface area contributed by atoms with E-state index in [2.05, 4.69) is 31.2 Å². The number of pyridine rings is 1. The van der Waals surface area contributed by atoms with Gasteiger partial charge in [-0.3, -0.25) is 9.59 Å². The van der Waals surface area contributed by atoms with Crippen molar-refractivity contribution in [1.82, 2.24) is 20.9 Å². The smallest absolute Gasteiger partial charge is 0.326 e. The van der Waals surface area contributed by atoms with E-state index in [1.54, 1.807) is 24.3 Å². The van der Waals surface area contributed by atoms with E-state index in [-0.39, 0.29) is 31.1 Å². The monoisotopic (exact) mass is 515 g/mol. The number of unbranched alkanes of at least 4 members (excludes halogenated alkanes) is 2. The quantitative estimate of drug-likeness (QED) is 0.178. The van der Waals surface area contributed by atoms with Crippen molar-refractivity contribution in [3.05, 3.63) is 59.5 Å². The summed E-state index contributed by atoms with van der Waals surface area (Å²) in [7, 11) is 0. The molecule has 1 atom stereocenters. The maximum atomic E-state index is 12.9. The number of hydrogen-bond acceptors (Lipinski definition) is 7. The van der Waals surface area contributed by atoms with Crippen LogP contribution in [0.2, 0.25) is 0 Å². The lowest BCUT2D eigenvalue weighted by molar-refractivity contribution is -0.140. The Hall–Kier alpha value is -4.42. The zero-order valence-electron chi connectivity index (χ0n) is 20.0. The van der Waals surface area contributed by atoms with Crippen LogP contribution in [0.25, 0.3) is 0 Å². The molecule has 37 heavy (non-hydrogen) atoms. The molecular weight excluding hydrogens is 486 g/mol. The van der Waals surface area contributed by atoms with Crippen LogP contribution in [0.1, 0.15) is 48.0 Å². The molecule has 13 heteroatoms. The van der Waals surface area contributed by atoms with Gasteiger partial charge in [-0.05, 0) is 55.5 Å². The first-order valence-electron chi connectivity index (χ1n) is 11.6. The highest BCUT2D eigenvalue weighted by atomic mass is 18.2. The second-order valence-electron chi connectivity index (χ2n) is 7.97. The second-order valence-corrected chi connectivity index (χ2v) is 7.97. The lowest BCUT2D eigenvalue weighted by Crippen LogP contribution is -2.46. The number of rotatable bonds is 15. The number of nitrogens with zero attached hydrogens (tertiary/aromatic N) is 3. The number of carbonyl (C=O) groups is 4. The van der Waals surface area contributed by atoms with Crippen molar-refractivity contribution in [2.75, 3.05) is 13.1 Å². The number of aromatic nitrogens is 1. The minimum absolute atomic E-state index is 0.211. The van der Waals surface area contributed by atoms with E-state index in [4.69, 9.17) is 10.2 Å². The summed E-state index contributed by atoms with van der Waals surface area (Å²) in [4.78, 5) is 49.7. The van der Waals surface area contributed by atoms with Gasteiger partial charge in [-0.1, -0.05) is 12.1 Å². The molecule has 0 saturated heterocycles. The third-order valence-electron chi connectivity index (χ3n) is 5.02. The molecule has 1 aromatic carbocycles. The lowest BCUT2D eigenvalue weighted by atomic mass is 10.1. The summed E-state index contributed by atoms with van der Waals surface area (Å²) in [6.07, 6.45) is 2.78. The molecule has 1 heterocycles. The molecule has 5 N–H and O–H groups in total. The minimum Gasteiger partial charge on any atom is -0.481 e. The molecule has 1 unspecified atom stereocenters. The first kappa shape index (κ1) is 28.8. The topological polar surface area (TPSA) is 182 Å². The number of halogens is 1. The predicted molar refractivity (Wildman–Crippen MR) is 130 cm³/mol. The van der Waals surface area contributed by atoms with Crippen LogP contribution in [-0.4, -0.2) is 58.2 Å². The van der Waals surface area contributed by atoms with Gasteiger partial charge in [0.05, 0.1) is 12.1 Å². The third-order valence-corrected chi connectivity index (χ3v) is 5.02. The largest absolute Gasteiger partial charge is 0.481 e. The van der Waals surface area contributed by atoms with Gasteiger partial charge in [0, 0.05) is 25.7 Å². The van der Waals surface area contributed by atoms with Gasteiger partial charge in [-0.25, -0.2) is 19.0 Å². The molecule has 2 rings (SSSR count). The average Bonchev–Trinajstić information content (AvgIpc) is 2.87. The van der Waals surface area contributed by atoms with E-state index in [1.165, 1.54) is 18.3 Å². The Morgan fingerprint density at radius 1 is 0.946 bits per heavy atom. The summed E-state index contributed by atoms with van der Waals surface area (Å²) in [5, 5.41) is 33.2. The van der Waals surface area contributed by atoms with E-state index in [1.807, 2.05) is 0 Å². The van der Waals surface area contributed by atoms with Crippen molar-refractivity contribution in [2.45, 2.75) is 44.7 Å². The van der Waals surface area contributed by atoms with Crippen LogP contribution in [0.3, 0.4) is 0 Å². The number of urea groups is 1. The second kappa shape index (κ2) is 15.5. The van der Waals surface area contributed by atoms with Gasteiger partial charge in [-0.15, -0.1) is 5.11 Å². The Morgan fingerprint density at radius 3 is 2.27 bits per heavy atom. The van der Waals surface area contributed by atoms with Gasteiger partial charge in [0.2, 0.25) is 0 Å². The van der Waals surface area contributed by atoms with E-state index in [9.17, 15) is 23.6 Å². The highest BCUT2D eigenvalue weighted by molar-refractivity contribution is 5.93. The normalized spacial score (nSPS) is 11.6. The highest BCUT2D eigenvalue weighted by Gasteiger charge is 2.20. The average molecular weight is 516 g/mol. The molecule has 1 aromatic heterocycles. The van der Waals surface area contributed by atoms with E-state index >= 15 is 0 Å². The number of carboxylic acids is 2. The first-order valence-corrected chi connectivity index (χ1v) is 11.6. The van der Waals surface area contributed by atoms with Gasteiger partial charge >= 0.3 is 18.0 Å². The molecule has 0 aliphatic heterocycles. The fraction of sp³-hybridized carbons (Fsp3) is 0.375. The molecule has 0 bridgehead atoms. The molecule has 0 spiro atoms. The molecule has 198 valence electrons. The van der Waals surface area contributed by atoms with Crippen LogP contribution >= 0.6 is 0 Å². The summed E-state index contributed by atoms with van der Waals surface area (Å²) >= 11 is 0. The van der Waals surface area contributed by atoms with Crippen molar-refractivity contribution in [2.24, 2.45) is 10.2 Å². The Labute approximate surface area is 212 Å². The van der Waals surface area contributed by atoms with E-state index in [0.29, 0.717) is 43.7 Å². The van der Waals surface area contributed by atoms with Gasteiger partial charge in [0.15, 0.2) is 5.82 Å². The van der Waals surface area contributed by atoms with Crippen LogP contribution in [0.4, 0.5) is 15.0 Å². The zero-order valence-corrected chi connectivity index (χ0v) is 20.0. The molecular formula is C24H29FN6O6. The number of aliphatic carboxylic acids is 2. The molecule has 2 aromatic rings. The van der Waals surface area contributed by atoms with Gasteiger partial charge in [-0.2, -0.15) is 5.11 Å². The first-order chi connectivity index (χ1) is 17.7. The molecule has 12 nitrogen and oxygen atoms in total. The van der Waals surface area contributed by atoms with Gasteiger partial charge < -0.3 is 26.2 Å². The Balaban J connectivity index is 1.59. The number of nitrogens with one attached hydrogen (secondary N) is 3. The zero-order chi connectivity index (χ0) is 27.0. The highest BCUT2D eigenvalue weighted by Crippen LogP contribution is 2.11. The number of azo groups is 1. The van der Waals surface area contributed by atoms with Crippen LogP contribution < -0.4 is 16.0 Å². The third kappa shape index (κ3) is 11.7. The van der Waals surface area contributed by atoms with Crippen molar-refractivity contribution >= 4 is 29.7 Å². The predicted octanol–water partition coefficient (Wildman–Crippen LogP) is 3.02. The summed E-state index contributed by atoms with van der Waals surface area (Å²) < 4.78 is 12.9. The molecule has 0 fully saturated rings. The molecule has 0 aliphatic rings. The van der Waals surface area contributed by atoms with E-state index < -0.39 is 24.0 Å². The van der Waals surface area contributed by atoms with Gasteiger partial charge in [0.25, 0.3) is 5.91 Å². The minimum atomic E-state index is -1.30. The van der Waals surface area contributed by atoms with Crippen molar-refractivity contribution in [3.8, 4) is 0 Å². The molecule has 0 radical (unpaired) electrons. The summed E-state index contributed by atoms with van der Waals surface area (Å²) in [5.41, 5.74) is 1.17. The fourth-order valence-corrected chi connectivity index (χ4v) is 3.03. The number of carboxylic acid groups (broad SMARTS) is 2. The lowest BCUT2D eigenvalue weighted by Gasteiger charge is -2.14. The summed E-state index contributed by atoms with van der Waals surface area (Å²) in [6.45, 7) is 0.993. The molecule has 3 amide bonds. The Morgan fingerprint density at radius 2 is 1.65 bits per heavy atom. The fourth-order valence-electron chi connectivity index (χ4n) is 3.03. The van der Waals surface area contributed by atoms with Gasteiger partial charge in [0.1, 0.15) is 11.9 Å². The number of benzene rings is 1. The molecule has 0 aliphatic carbocycles. The molecule has 0 saturated carbocycles. The maximum Gasteiger partial charge on any atom is 0.326 e. The number of amides is 3. The van der Waals surface area contributed by atoms with Crippen LogP contribution in [0, 0.1) is 5.82 Å². The number of carbonyl (C=O) groups excluding carboxylic acids is 2.